The minimum absolute atomic E-state index is 0.0997. The van der Waals surface area contributed by atoms with Crippen LogP contribution in [-0.2, 0) is 6.61 Å². The number of carbonyl (C=O) groups is 1. The number of pyridine rings is 1. The summed E-state index contributed by atoms with van der Waals surface area (Å²) >= 11 is 0. The number of nitrogens with one attached hydrogen (secondary N) is 1. The maximum absolute atomic E-state index is 13.2. The molecule has 0 saturated carbocycles. The molecule has 160 valence electrons. The lowest BCUT2D eigenvalue weighted by molar-refractivity contribution is -0.286. The van der Waals surface area contributed by atoms with Gasteiger partial charge in [-0.2, -0.15) is 0 Å². The molecule has 0 bridgehead atoms. The first-order chi connectivity index (χ1) is 14.9. The Morgan fingerprint density at radius 3 is 2.55 bits per heavy atom. The normalized spacial score (nSPS) is 13.5. The van der Waals surface area contributed by atoms with E-state index in [0.717, 1.165) is 5.56 Å². The minimum Gasteiger partial charge on any atom is -0.490 e. The summed E-state index contributed by atoms with van der Waals surface area (Å²) in [6.45, 7) is 2.52. The van der Waals surface area contributed by atoms with Crippen LogP contribution in [0.15, 0.2) is 60.9 Å². The van der Waals surface area contributed by atoms with Crippen molar-refractivity contribution in [3.63, 3.8) is 0 Å². The van der Waals surface area contributed by atoms with Crippen molar-refractivity contribution >= 4 is 11.6 Å². The lowest BCUT2D eigenvalue weighted by Crippen LogP contribution is -2.25. The van der Waals surface area contributed by atoms with Gasteiger partial charge < -0.3 is 24.3 Å². The Hall–Kier alpha value is -3.88. The average molecular weight is 428 g/mol. The van der Waals surface area contributed by atoms with Crippen molar-refractivity contribution in [1.82, 2.24) is 4.98 Å². The molecule has 0 spiro atoms. The van der Waals surface area contributed by atoms with Gasteiger partial charge in [-0.25, -0.2) is 0 Å². The topological polar surface area (TPSA) is 78.9 Å². The van der Waals surface area contributed by atoms with E-state index in [1.54, 1.807) is 30.6 Å². The third-order valence-electron chi connectivity index (χ3n) is 4.31. The van der Waals surface area contributed by atoms with E-state index in [9.17, 15) is 13.6 Å². The number of fused-ring (bicyclic) bond motifs is 1. The molecule has 1 aliphatic rings. The molecular formula is C22H18F2N2O5. The molecular weight excluding hydrogens is 410 g/mol. The number of hydrogen-bond acceptors (Lipinski definition) is 6. The van der Waals surface area contributed by atoms with E-state index in [-0.39, 0.29) is 17.2 Å². The van der Waals surface area contributed by atoms with Crippen LogP contribution in [-0.4, -0.2) is 23.8 Å². The fourth-order valence-corrected chi connectivity index (χ4v) is 2.91. The number of anilines is 1. The van der Waals surface area contributed by atoms with E-state index in [1.807, 2.05) is 19.1 Å². The van der Waals surface area contributed by atoms with E-state index in [4.69, 9.17) is 9.47 Å². The number of amides is 1. The third kappa shape index (κ3) is 4.82. The first-order valence-corrected chi connectivity index (χ1v) is 9.43. The molecule has 2 aromatic carbocycles. The summed E-state index contributed by atoms with van der Waals surface area (Å²) in [6, 6.07) is 12.5. The van der Waals surface area contributed by atoms with E-state index in [0.29, 0.717) is 30.3 Å². The highest BCUT2D eigenvalue weighted by molar-refractivity contribution is 6.04. The molecule has 9 heteroatoms. The largest absolute Gasteiger partial charge is 0.586 e. The number of halogens is 2. The number of benzene rings is 2. The van der Waals surface area contributed by atoms with Gasteiger partial charge in [0, 0.05) is 29.7 Å². The number of aromatic nitrogens is 1. The number of ether oxygens (including phenoxy) is 4. The maximum atomic E-state index is 13.2. The SMILES string of the molecule is CCOc1cc(C(=O)Nc2ccc3c(c2)OC(F)(F)O3)ccc1OCc1ccncc1. The smallest absolute Gasteiger partial charge is 0.490 e. The molecule has 7 nitrogen and oxygen atoms in total. The van der Waals surface area contributed by atoms with Gasteiger partial charge in [0.1, 0.15) is 6.61 Å². The fourth-order valence-electron chi connectivity index (χ4n) is 2.91. The van der Waals surface area contributed by atoms with Gasteiger partial charge >= 0.3 is 6.29 Å². The van der Waals surface area contributed by atoms with Crippen LogP contribution < -0.4 is 24.3 Å². The van der Waals surface area contributed by atoms with Gasteiger partial charge in [0.2, 0.25) is 0 Å². The van der Waals surface area contributed by atoms with E-state index < -0.39 is 12.2 Å². The highest BCUT2D eigenvalue weighted by atomic mass is 19.3. The lowest BCUT2D eigenvalue weighted by atomic mass is 10.1. The summed E-state index contributed by atoms with van der Waals surface area (Å²) in [6.07, 6.45) is -0.372. The average Bonchev–Trinajstić information content (AvgIpc) is 3.06. The molecule has 2 heterocycles. The van der Waals surface area contributed by atoms with E-state index in [2.05, 4.69) is 19.8 Å². The standard InChI is InChI=1S/C22H18F2N2O5/c1-2-28-19-11-15(3-5-17(19)29-13-14-7-9-25-10-8-14)21(27)26-16-4-6-18-20(12-16)31-22(23,24)30-18/h3-12H,2,13H2,1H3,(H,26,27). The molecule has 0 atom stereocenters. The van der Waals surface area contributed by atoms with Gasteiger partial charge in [-0.3, -0.25) is 9.78 Å². The Kier molecular flexibility index (Phi) is 5.57. The van der Waals surface area contributed by atoms with Crippen LogP contribution in [0.4, 0.5) is 14.5 Å². The van der Waals surface area contributed by atoms with Crippen LogP contribution in [0.1, 0.15) is 22.8 Å². The molecule has 0 saturated heterocycles. The summed E-state index contributed by atoms with van der Waals surface area (Å²) in [5.74, 6) is 0.192. The zero-order valence-electron chi connectivity index (χ0n) is 16.4. The predicted octanol–water partition coefficient (Wildman–Crippen LogP) is 4.63. The molecule has 0 unspecified atom stereocenters. The molecule has 1 amide bonds. The Labute approximate surface area is 176 Å². The van der Waals surface area contributed by atoms with Crippen LogP contribution in [0.3, 0.4) is 0 Å². The first-order valence-electron chi connectivity index (χ1n) is 9.43. The van der Waals surface area contributed by atoms with Crippen molar-refractivity contribution in [2.24, 2.45) is 0 Å². The van der Waals surface area contributed by atoms with Crippen molar-refractivity contribution in [3.8, 4) is 23.0 Å². The maximum Gasteiger partial charge on any atom is 0.586 e. The molecule has 1 aromatic heterocycles. The van der Waals surface area contributed by atoms with E-state index in [1.165, 1.54) is 18.2 Å². The third-order valence-corrected chi connectivity index (χ3v) is 4.31. The van der Waals surface area contributed by atoms with Crippen molar-refractivity contribution in [2.45, 2.75) is 19.8 Å². The predicted molar refractivity (Wildman–Crippen MR) is 107 cm³/mol. The molecule has 1 aliphatic heterocycles. The quantitative estimate of drug-likeness (QED) is 0.591. The molecule has 4 rings (SSSR count). The van der Waals surface area contributed by atoms with Crippen molar-refractivity contribution < 1.29 is 32.5 Å². The highest BCUT2D eigenvalue weighted by Crippen LogP contribution is 2.42. The lowest BCUT2D eigenvalue weighted by Gasteiger charge is -2.13. The van der Waals surface area contributed by atoms with Gasteiger partial charge in [0.15, 0.2) is 23.0 Å². The molecule has 3 aromatic rings. The minimum atomic E-state index is -3.72. The molecule has 0 fully saturated rings. The Balaban J connectivity index is 1.47. The van der Waals surface area contributed by atoms with Crippen molar-refractivity contribution in [2.75, 3.05) is 11.9 Å². The summed E-state index contributed by atoms with van der Waals surface area (Å²) in [4.78, 5) is 16.6. The van der Waals surface area contributed by atoms with E-state index >= 15 is 0 Å². The van der Waals surface area contributed by atoms with Gasteiger partial charge in [-0.15, -0.1) is 8.78 Å². The molecule has 1 N–H and O–H groups in total. The Morgan fingerprint density at radius 2 is 1.77 bits per heavy atom. The second-order valence-corrected chi connectivity index (χ2v) is 6.52. The Bertz CT molecular complexity index is 1090. The molecule has 31 heavy (non-hydrogen) atoms. The second kappa shape index (κ2) is 8.47. The fraction of sp³-hybridized carbons (Fsp3) is 0.182. The van der Waals surface area contributed by atoms with Gasteiger partial charge in [-0.05, 0) is 55.0 Å². The first kappa shape index (κ1) is 20.4. The summed E-state index contributed by atoms with van der Waals surface area (Å²) in [7, 11) is 0. The molecule has 0 radical (unpaired) electrons. The number of hydrogen-bond donors (Lipinski definition) is 1. The summed E-state index contributed by atoms with van der Waals surface area (Å²) < 4.78 is 46.5. The van der Waals surface area contributed by atoms with Gasteiger partial charge in [0.05, 0.1) is 6.61 Å². The van der Waals surface area contributed by atoms with Gasteiger partial charge in [-0.1, -0.05) is 0 Å². The van der Waals surface area contributed by atoms with Crippen molar-refractivity contribution in [3.05, 3.63) is 72.1 Å². The Morgan fingerprint density at radius 1 is 1.00 bits per heavy atom. The zero-order chi connectivity index (χ0) is 21.8. The van der Waals surface area contributed by atoms with Crippen LogP contribution in [0.5, 0.6) is 23.0 Å². The number of rotatable bonds is 7. The van der Waals surface area contributed by atoms with Crippen LogP contribution in [0.2, 0.25) is 0 Å². The van der Waals surface area contributed by atoms with Gasteiger partial charge in [0.25, 0.3) is 5.91 Å². The van der Waals surface area contributed by atoms with Crippen LogP contribution in [0.25, 0.3) is 0 Å². The van der Waals surface area contributed by atoms with Crippen LogP contribution >= 0.6 is 0 Å². The second-order valence-electron chi connectivity index (χ2n) is 6.52. The number of carbonyl (C=O) groups excluding carboxylic acids is 1. The number of nitrogens with zero attached hydrogens (tertiary/aromatic N) is 1. The van der Waals surface area contributed by atoms with Crippen LogP contribution in [0, 0.1) is 0 Å². The summed E-state index contributed by atoms with van der Waals surface area (Å²) in [5.41, 5.74) is 1.52. The molecule has 0 aliphatic carbocycles. The van der Waals surface area contributed by atoms with Crippen molar-refractivity contribution in [1.29, 1.82) is 0 Å². The summed E-state index contributed by atoms with van der Waals surface area (Å²) in [5, 5.41) is 2.64. The monoisotopic (exact) mass is 428 g/mol. The highest BCUT2D eigenvalue weighted by Gasteiger charge is 2.43. The zero-order valence-corrected chi connectivity index (χ0v) is 16.4. The number of alkyl halides is 2.